The zero-order chi connectivity index (χ0) is 16.1. The van der Waals surface area contributed by atoms with Crippen LogP contribution in [-0.2, 0) is 6.54 Å². The van der Waals surface area contributed by atoms with Crippen molar-refractivity contribution in [3.8, 4) is 0 Å². The van der Waals surface area contributed by atoms with Crippen LogP contribution < -0.4 is 10.2 Å². The number of carbonyl (C=O) groups is 1. The second-order valence-corrected chi connectivity index (χ2v) is 6.40. The highest BCUT2D eigenvalue weighted by Gasteiger charge is 2.13. The average molecular weight is 327 g/mol. The van der Waals surface area contributed by atoms with E-state index in [1.54, 1.807) is 12.3 Å². The number of carbonyl (C=O) groups excluding carboxylic acids is 1. The first kappa shape index (κ1) is 15.9. The molecule has 1 aromatic carbocycles. The predicted molar refractivity (Wildman–Crippen MR) is 95.1 cm³/mol. The van der Waals surface area contributed by atoms with Crippen molar-refractivity contribution in [1.82, 2.24) is 10.3 Å². The van der Waals surface area contributed by atoms with Crippen LogP contribution in [0.1, 0.15) is 28.8 Å². The van der Waals surface area contributed by atoms with Crippen LogP contribution >= 0.6 is 11.8 Å². The summed E-state index contributed by atoms with van der Waals surface area (Å²) in [7, 11) is 0. The summed E-state index contributed by atoms with van der Waals surface area (Å²) in [5.74, 6) is -0.0777. The van der Waals surface area contributed by atoms with Crippen molar-refractivity contribution in [1.29, 1.82) is 0 Å². The lowest BCUT2D eigenvalue weighted by atomic mass is 10.2. The smallest absolute Gasteiger partial charge is 0.254 e. The van der Waals surface area contributed by atoms with Crippen molar-refractivity contribution in [2.24, 2.45) is 0 Å². The Morgan fingerprint density at radius 2 is 1.96 bits per heavy atom. The molecule has 4 nitrogen and oxygen atoms in total. The number of thioether (sulfide) groups is 1. The van der Waals surface area contributed by atoms with Gasteiger partial charge in [0.1, 0.15) is 5.03 Å². The number of hydrogen-bond acceptors (Lipinski definition) is 4. The van der Waals surface area contributed by atoms with Crippen LogP contribution in [0, 0.1) is 0 Å². The molecule has 1 saturated heterocycles. The molecular formula is C18H21N3OS. The molecule has 0 radical (unpaired) electrons. The van der Waals surface area contributed by atoms with Crippen LogP contribution in [-0.4, -0.2) is 30.2 Å². The number of nitrogens with zero attached hydrogens (tertiary/aromatic N) is 2. The third-order valence-electron chi connectivity index (χ3n) is 4.07. The van der Waals surface area contributed by atoms with Gasteiger partial charge >= 0.3 is 0 Å². The summed E-state index contributed by atoms with van der Waals surface area (Å²) in [5.41, 5.74) is 3.01. The van der Waals surface area contributed by atoms with E-state index in [9.17, 15) is 4.79 Å². The van der Waals surface area contributed by atoms with Crippen molar-refractivity contribution in [3.05, 3.63) is 53.7 Å². The van der Waals surface area contributed by atoms with E-state index >= 15 is 0 Å². The molecule has 1 amide bonds. The van der Waals surface area contributed by atoms with E-state index in [0.29, 0.717) is 12.1 Å². The fraction of sp³-hybridized carbons (Fsp3) is 0.333. The molecule has 1 aromatic heterocycles. The minimum Gasteiger partial charge on any atom is -0.372 e. The van der Waals surface area contributed by atoms with Gasteiger partial charge in [0, 0.05) is 31.5 Å². The third kappa shape index (κ3) is 3.85. The number of aromatic nitrogens is 1. The molecule has 3 rings (SSSR count). The average Bonchev–Trinajstić information content (AvgIpc) is 3.14. The summed E-state index contributed by atoms with van der Waals surface area (Å²) in [4.78, 5) is 18.9. The molecule has 2 heterocycles. The molecule has 1 aliphatic heterocycles. The maximum absolute atomic E-state index is 12.3. The SMILES string of the molecule is CSc1ncccc1C(=O)NCc1ccc(N2CCCC2)cc1. The van der Waals surface area contributed by atoms with E-state index < -0.39 is 0 Å². The molecule has 120 valence electrons. The summed E-state index contributed by atoms with van der Waals surface area (Å²) in [5, 5.41) is 3.73. The van der Waals surface area contributed by atoms with Gasteiger partial charge < -0.3 is 10.2 Å². The van der Waals surface area contributed by atoms with Gasteiger partial charge in [-0.05, 0) is 48.9 Å². The first-order chi connectivity index (χ1) is 11.3. The van der Waals surface area contributed by atoms with Gasteiger partial charge in [-0.1, -0.05) is 12.1 Å². The van der Waals surface area contributed by atoms with Crippen LogP contribution in [0.15, 0.2) is 47.6 Å². The second kappa shape index (κ2) is 7.51. The molecule has 5 heteroatoms. The van der Waals surface area contributed by atoms with E-state index in [-0.39, 0.29) is 5.91 Å². The number of amides is 1. The maximum atomic E-state index is 12.3. The fourth-order valence-electron chi connectivity index (χ4n) is 2.80. The van der Waals surface area contributed by atoms with E-state index in [1.165, 1.54) is 30.3 Å². The third-order valence-corrected chi connectivity index (χ3v) is 4.78. The molecule has 2 aromatic rings. The Hall–Kier alpha value is -2.01. The minimum absolute atomic E-state index is 0.0777. The maximum Gasteiger partial charge on any atom is 0.254 e. The lowest BCUT2D eigenvalue weighted by molar-refractivity contribution is 0.0947. The molecule has 0 unspecified atom stereocenters. The van der Waals surface area contributed by atoms with E-state index in [2.05, 4.69) is 39.5 Å². The second-order valence-electron chi connectivity index (χ2n) is 5.60. The molecule has 0 bridgehead atoms. The van der Waals surface area contributed by atoms with Gasteiger partial charge in [-0.3, -0.25) is 4.79 Å². The lowest BCUT2D eigenvalue weighted by Crippen LogP contribution is -2.23. The van der Waals surface area contributed by atoms with Gasteiger partial charge in [0.05, 0.1) is 5.56 Å². The van der Waals surface area contributed by atoms with E-state index in [1.807, 2.05) is 12.3 Å². The van der Waals surface area contributed by atoms with Gasteiger partial charge in [-0.2, -0.15) is 0 Å². The van der Waals surface area contributed by atoms with Crippen molar-refractivity contribution < 1.29 is 4.79 Å². The Kier molecular flexibility index (Phi) is 5.18. The monoisotopic (exact) mass is 327 g/mol. The fourth-order valence-corrected chi connectivity index (χ4v) is 3.35. The Morgan fingerprint density at radius 3 is 2.65 bits per heavy atom. The van der Waals surface area contributed by atoms with Gasteiger partial charge in [-0.15, -0.1) is 11.8 Å². The standard InChI is InChI=1S/C18H21N3OS/c1-23-18-16(5-4-10-19-18)17(22)20-13-14-6-8-15(9-7-14)21-11-2-3-12-21/h4-10H,2-3,11-13H2,1H3,(H,20,22). The Balaban J connectivity index is 1.60. The number of nitrogens with one attached hydrogen (secondary N) is 1. The predicted octanol–water partition coefficient (Wildman–Crippen LogP) is 3.33. The van der Waals surface area contributed by atoms with Gasteiger partial charge in [-0.25, -0.2) is 4.98 Å². The normalized spacial score (nSPS) is 14.0. The molecule has 23 heavy (non-hydrogen) atoms. The molecule has 1 N–H and O–H groups in total. The van der Waals surface area contributed by atoms with Crippen LogP contribution in [0.3, 0.4) is 0 Å². The Bertz CT molecular complexity index is 666. The van der Waals surface area contributed by atoms with E-state index in [0.717, 1.165) is 23.7 Å². The van der Waals surface area contributed by atoms with Crippen molar-refractivity contribution in [3.63, 3.8) is 0 Å². The Labute approximate surface area is 141 Å². The van der Waals surface area contributed by atoms with Crippen LogP contribution in [0.2, 0.25) is 0 Å². The van der Waals surface area contributed by atoms with Crippen molar-refractivity contribution >= 4 is 23.4 Å². The minimum atomic E-state index is -0.0777. The molecule has 1 aliphatic rings. The summed E-state index contributed by atoms with van der Waals surface area (Å²) < 4.78 is 0. The van der Waals surface area contributed by atoms with Crippen LogP contribution in [0.5, 0.6) is 0 Å². The molecular weight excluding hydrogens is 306 g/mol. The zero-order valence-corrected chi connectivity index (χ0v) is 14.1. The number of anilines is 1. The van der Waals surface area contributed by atoms with E-state index in [4.69, 9.17) is 0 Å². The van der Waals surface area contributed by atoms with Gasteiger partial charge in [0.25, 0.3) is 5.91 Å². The van der Waals surface area contributed by atoms with Crippen molar-refractivity contribution in [2.75, 3.05) is 24.2 Å². The Morgan fingerprint density at radius 1 is 1.22 bits per heavy atom. The van der Waals surface area contributed by atoms with Crippen LogP contribution in [0.4, 0.5) is 5.69 Å². The summed E-state index contributed by atoms with van der Waals surface area (Å²) in [6.45, 7) is 2.82. The van der Waals surface area contributed by atoms with Crippen molar-refractivity contribution in [2.45, 2.75) is 24.4 Å². The highest BCUT2D eigenvalue weighted by Crippen LogP contribution is 2.20. The lowest BCUT2D eigenvalue weighted by Gasteiger charge is -2.17. The number of benzene rings is 1. The first-order valence-electron chi connectivity index (χ1n) is 7.89. The first-order valence-corrected chi connectivity index (χ1v) is 9.11. The molecule has 0 saturated carbocycles. The largest absolute Gasteiger partial charge is 0.372 e. The summed E-state index contributed by atoms with van der Waals surface area (Å²) >= 11 is 1.48. The van der Waals surface area contributed by atoms with Crippen LogP contribution in [0.25, 0.3) is 0 Å². The number of pyridine rings is 1. The summed E-state index contributed by atoms with van der Waals surface area (Å²) in [6, 6.07) is 12.1. The highest BCUT2D eigenvalue weighted by molar-refractivity contribution is 7.98. The number of hydrogen-bond donors (Lipinski definition) is 1. The van der Waals surface area contributed by atoms with Gasteiger partial charge in [0.2, 0.25) is 0 Å². The topological polar surface area (TPSA) is 45.2 Å². The highest BCUT2D eigenvalue weighted by atomic mass is 32.2. The number of rotatable bonds is 5. The summed E-state index contributed by atoms with van der Waals surface area (Å²) in [6.07, 6.45) is 6.19. The molecule has 1 fully saturated rings. The zero-order valence-electron chi connectivity index (χ0n) is 13.3. The molecule has 0 spiro atoms. The molecule has 0 aliphatic carbocycles. The molecule has 0 atom stereocenters. The quantitative estimate of drug-likeness (QED) is 0.856. The van der Waals surface area contributed by atoms with Gasteiger partial charge in [0.15, 0.2) is 0 Å².